The van der Waals surface area contributed by atoms with Gasteiger partial charge in [-0.05, 0) is 60.6 Å². The Kier molecular flexibility index (Phi) is 7.97. The van der Waals surface area contributed by atoms with Crippen LogP contribution < -0.4 is 10.6 Å². The minimum absolute atomic E-state index is 0.00480. The van der Waals surface area contributed by atoms with E-state index in [0.717, 1.165) is 16.7 Å². The van der Waals surface area contributed by atoms with Crippen molar-refractivity contribution in [3.63, 3.8) is 0 Å². The van der Waals surface area contributed by atoms with E-state index in [1.807, 2.05) is 51.1 Å². The molecule has 166 valence electrons. The quantitative estimate of drug-likeness (QED) is 0.663. The van der Waals surface area contributed by atoms with E-state index in [4.69, 9.17) is 4.74 Å². The molecule has 0 aliphatic rings. The van der Waals surface area contributed by atoms with Crippen molar-refractivity contribution in [1.29, 1.82) is 0 Å². The first kappa shape index (κ1) is 24.1. The number of amides is 2. The van der Waals surface area contributed by atoms with Crippen LogP contribution >= 0.6 is 0 Å². The Bertz CT molecular complexity index is 943. The molecule has 1 atom stereocenters. The Labute approximate surface area is 184 Å². The maximum Gasteiger partial charge on any atom is 0.325 e. The number of esters is 1. The van der Waals surface area contributed by atoms with Crippen molar-refractivity contribution in [3.8, 4) is 0 Å². The number of carbonyl (C=O) groups excluding carboxylic acids is 3. The molecule has 2 rings (SSSR count). The number of carbonyl (C=O) groups is 3. The highest BCUT2D eigenvalue weighted by Gasteiger charge is 2.16. The predicted molar refractivity (Wildman–Crippen MR) is 121 cm³/mol. The summed E-state index contributed by atoms with van der Waals surface area (Å²) in [6.45, 7) is 11.5. The first-order chi connectivity index (χ1) is 14.5. The van der Waals surface area contributed by atoms with Gasteiger partial charge in [0.2, 0.25) is 0 Å². The molecule has 6 nitrogen and oxygen atoms in total. The van der Waals surface area contributed by atoms with E-state index in [0.29, 0.717) is 5.56 Å². The van der Waals surface area contributed by atoms with Crippen LogP contribution in [-0.2, 0) is 19.7 Å². The van der Waals surface area contributed by atoms with Crippen LogP contribution in [-0.4, -0.2) is 30.9 Å². The Hall–Kier alpha value is -3.15. The molecule has 2 aromatic carbocycles. The molecule has 0 fully saturated rings. The Morgan fingerprint density at radius 2 is 1.61 bits per heavy atom. The van der Waals surface area contributed by atoms with Crippen molar-refractivity contribution in [1.82, 2.24) is 10.6 Å². The van der Waals surface area contributed by atoms with E-state index < -0.39 is 18.5 Å². The van der Waals surface area contributed by atoms with E-state index in [-0.39, 0.29) is 23.9 Å². The standard InChI is InChI=1S/C25H32N2O4/c1-16-7-8-20(13-17(16)2)18(3)27-22(28)15-31-23(29)14-26-24(30)19-9-11-21(12-10-19)25(4,5)6/h7-13,18H,14-15H2,1-6H3,(H,26,30)(H,27,28)/t18-/m1/s1. The molecule has 0 aliphatic heterocycles. The van der Waals surface area contributed by atoms with Gasteiger partial charge < -0.3 is 15.4 Å². The molecule has 0 saturated heterocycles. The lowest BCUT2D eigenvalue weighted by atomic mass is 9.87. The molecule has 0 bridgehead atoms. The average molecular weight is 425 g/mol. The van der Waals surface area contributed by atoms with E-state index in [1.54, 1.807) is 12.1 Å². The van der Waals surface area contributed by atoms with Gasteiger partial charge in [-0.1, -0.05) is 51.1 Å². The van der Waals surface area contributed by atoms with E-state index in [1.165, 1.54) is 5.56 Å². The second kappa shape index (κ2) is 10.2. The van der Waals surface area contributed by atoms with Crippen LogP contribution in [0.25, 0.3) is 0 Å². The zero-order chi connectivity index (χ0) is 23.2. The van der Waals surface area contributed by atoms with Crippen LogP contribution in [0.3, 0.4) is 0 Å². The average Bonchev–Trinajstić information content (AvgIpc) is 2.71. The second-order valence-electron chi connectivity index (χ2n) is 8.80. The molecule has 0 radical (unpaired) electrons. The molecule has 2 N–H and O–H groups in total. The highest BCUT2D eigenvalue weighted by molar-refractivity contribution is 5.96. The predicted octanol–water partition coefficient (Wildman–Crippen LogP) is 3.75. The normalized spacial score (nSPS) is 12.1. The van der Waals surface area contributed by atoms with Crippen molar-refractivity contribution >= 4 is 17.8 Å². The lowest BCUT2D eigenvalue weighted by Gasteiger charge is -2.19. The van der Waals surface area contributed by atoms with E-state index >= 15 is 0 Å². The van der Waals surface area contributed by atoms with Gasteiger partial charge >= 0.3 is 5.97 Å². The summed E-state index contributed by atoms with van der Waals surface area (Å²) in [7, 11) is 0. The topological polar surface area (TPSA) is 84.5 Å². The lowest BCUT2D eigenvalue weighted by molar-refractivity contribution is -0.147. The molecule has 6 heteroatoms. The number of ether oxygens (including phenoxy) is 1. The highest BCUT2D eigenvalue weighted by Crippen LogP contribution is 2.22. The molecule has 0 saturated carbocycles. The first-order valence-corrected chi connectivity index (χ1v) is 10.4. The van der Waals surface area contributed by atoms with Gasteiger partial charge in [-0.2, -0.15) is 0 Å². The van der Waals surface area contributed by atoms with Crippen LogP contribution in [0.15, 0.2) is 42.5 Å². The van der Waals surface area contributed by atoms with Crippen molar-refractivity contribution in [3.05, 3.63) is 70.3 Å². The number of rotatable bonds is 7. The number of hydrogen-bond acceptors (Lipinski definition) is 4. The molecule has 31 heavy (non-hydrogen) atoms. The van der Waals surface area contributed by atoms with Gasteiger partial charge in [-0.15, -0.1) is 0 Å². The molecular weight excluding hydrogens is 392 g/mol. The maximum atomic E-state index is 12.2. The highest BCUT2D eigenvalue weighted by atomic mass is 16.5. The largest absolute Gasteiger partial charge is 0.454 e. The molecule has 0 spiro atoms. The molecule has 2 amide bonds. The van der Waals surface area contributed by atoms with Crippen molar-refractivity contribution < 1.29 is 19.1 Å². The summed E-state index contributed by atoms with van der Waals surface area (Å²) in [5.41, 5.74) is 4.88. The van der Waals surface area contributed by atoms with Gasteiger partial charge in [0.25, 0.3) is 11.8 Å². The Balaban J connectivity index is 1.76. The van der Waals surface area contributed by atoms with Gasteiger partial charge in [0, 0.05) is 5.56 Å². The maximum absolute atomic E-state index is 12.2. The number of hydrogen-bond donors (Lipinski definition) is 2. The first-order valence-electron chi connectivity index (χ1n) is 10.4. The summed E-state index contributed by atoms with van der Waals surface area (Å²) in [6.07, 6.45) is 0. The third-order valence-corrected chi connectivity index (χ3v) is 5.18. The summed E-state index contributed by atoms with van der Waals surface area (Å²) >= 11 is 0. The third-order valence-electron chi connectivity index (χ3n) is 5.18. The zero-order valence-corrected chi connectivity index (χ0v) is 19.2. The van der Waals surface area contributed by atoms with Crippen LogP contribution in [0.1, 0.15) is 66.3 Å². The molecule has 2 aromatic rings. The molecule has 0 aromatic heterocycles. The third kappa shape index (κ3) is 7.24. The van der Waals surface area contributed by atoms with Crippen molar-refractivity contribution in [2.75, 3.05) is 13.2 Å². The smallest absolute Gasteiger partial charge is 0.325 e. The second-order valence-corrected chi connectivity index (χ2v) is 8.80. The summed E-state index contributed by atoms with van der Waals surface area (Å²) in [4.78, 5) is 36.2. The summed E-state index contributed by atoms with van der Waals surface area (Å²) in [5.74, 6) is -1.44. The minimum Gasteiger partial charge on any atom is -0.454 e. The summed E-state index contributed by atoms with van der Waals surface area (Å²) in [6, 6.07) is 13.0. The summed E-state index contributed by atoms with van der Waals surface area (Å²) < 4.78 is 4.97. The lowest BCUT2D eigenvalue weighted by Crippen LogP contribution is -2.34. The Morgan fingerprint density at radius 1 is 0.968 bits per heavy atom. The zero-order valence-electron chi connectivity index (χ0n) is 19.2. The van der Waals surface area contributed by atoms with Gasteiger partial charge in [0.05, 0.1) is 6.04 Å². The molecular formula is C25H32N2O4. The fourth-order valence-corrected chi connectivity index (χ4v) is 2.97. The fraction of sp³-hybridized carbons (Fsp3) is 0.400. The van der Waals surface area contributed by atoms with Gasteiger partial charge in [-0.25, -0.2) is 0 Å². The number of benzene rings is 2. The summed E-state index contributed by atoms with van der Waals surface area (Å²) in [5, 5.41) is 5.32. The molecule has 0 unspecified atom stereocenters. The molecule has 0 heterocycles. The van der Waals surface area contributed by atoms with Crippen LogP contribution in [0.5, 0.6) is 0 Å². The minimum atomic E-state index is -0.673. The van der Waals surface area contributed by atoms with E-state index in [9.17, 15) is 14.4 Å². The SMILES string of the molecule is Cc1ccc([C@@H](C)NC(=O)COC(=O)CNC(=O)c2ccc(C(C)(C)C)cc2)cc1C. The number of aryl methyl sites for hydroxylation is 2. The van der Waals surface area contributed by atoms with E-state index in [2.05, 4.69) is 31.4 Å². The fourth-order valence-electron chi connectivity index (χ4n) is 2.97. The van der Waals surface area contributed by atoms with Crippen LogP contribution in [0, 0.1) is 13.8 Å². The van der Waals surface area contributed by atoms with Crippen LogP contribution in [0.2, 0.25) is 0 Å². The molecule has 0 aliphatic carbocycles. The van der Waals surface area contributed by atoms with Gasteiger partial charge in [-0.3, -0.25) is 14.4 Å². The van der Waals surface area contributed by atoms with Crippen molar-refractivity contribution in [2.45, 2.75) is 53.0 Å². The number of nitrogens with one attached hydrogen (secondary N) is 2. The van der Waals surface area contributed by atoms with Crippen molar-refractivity contribution in [2.24, 2.45) is 0 Å². The van der Waals surface area contributed by atoms with Gasteiger partial charge in [0.1, 0.15) is 6.54 Å². The monoisotopic (exact) mass is 424 g/mol. The Morgan fingerprint density at radius 3 is 2.19 bits per heavy atom. The van der Waals surface area contributed by atoms with Crippen LogP contribution in [0.4, 0.5) is 0 Å². The van der Waals surface area contributed by atoms with Gasteiger partial charge in [0.15, 0.2) is 6.61 Å².